The molecule has 2 aromatic carbocycles. The third-order valence-electron chi connectivity index (χ3n) is 3.87. The Kier molecular flexibility index (Phi) is 4.56. The van der Waals surface area contributed by atoms with Crippen molar-refractivity contribution in [3.8, 4) is 0 Å². The van der Waals surface area contributed by atoms with Gasteiger partial charge in [0.15, 0.2) is 0 Å². The zero-order chi connectivity index (χ0) is 18.0. The molecule has 0 saturated carbocycles. The third-order valence-corrected chi connectivity index (χ3v) is 5.70. The van der Waals surface area contributed by atoms with Crippen LogP contribution in [0.2, 0.25) is 0 Å². The molecule has 0 spiro atoms. The number of sulfonamides is 1. The quantitative estimate of drug-likeness (QED) is 0.725. The molecule has 1 heterocycles. The fourth-order valence-corrected chi connectivity index (χ4v) is 3.35. The number of anilines is 1. The van der Waals surface area contributed by atoms with Gasteiger partial charge < -0.3 is 5.32 Å². The van der Waals surface area contributed by atoms with Crippen molar-refractivity contribution in [1.82, 2.24) is 14.5 Å². The number of hydrogen-bond acceptors (Lipinski definition) is 5. The van der Waals surface area contributed by atoms with E-state index in [4.69, 9.17) is 0 Å². The van der Waals surface area contributed by atoms with Crippen LogP contribution in [-0.4, -0.2) is 37.0 Å². The van der Waals surface area contributed by atoms with Crippen molar-refractivity contribution in [2.24, 2.45) is 0 Å². The van der Waals surface area contributed by atoms with Crippen LogP contribution >= 0.6 is 0 Å². The molecule has 2 N–H and O–H groups in total. The van der Waals surface area contributed by atoms with Crippen LogP contribution in [0, 0.1) is 0 Å². The summed E-state index contributed by atoms with van der Waals surface area (Å²) < 4.78 is 25.3. The fraction of sp³-hybridized carbons (Fsp3) is 0.176. The first kappa shape index (κ1) is 17.1. The zero-order valence-corrected chi connectivity index (χ0v) is 14.7. The zero-order valence-electron chi connectivity index (χ0n) is 13.9. The first-order valence-corrected chi connectivity index (χ1v) is 9.06. The summed E-state index contributed by atoms with van der Waals surface area (Å²) in [6.45, 7) is 0.400. The number of nitrogens with zero attached hydrogens (tertiary/aromatic N) is 2. The van der Waals surface area contributed by atoms with Crippen LogP contribution in [-0.2, 0) is 16.6 Å². The van der Waals surface area contributed by atoms with Gasteiger partial charge in [-0.3, -0.25) is 4.79 Å². The van der Waals surface area contributed by atoms with Crippen LogP contribution in [0.4, 0.5) is 5.69 Å². The molecular weight excluding hydrogens is 340 g/mol. The number of benzene rings is 2. The van der Waals surface area contributed by atoms with Crippen LogP contribution < -0.4 is 10.9 Å². The highest BCUT2D eigenvalue weighted by atomic mass is 32.2. The first-order chi connectivity index (χ1) is 11.9. The van der Waals surface area contributed by atoms with E-state index in [9.17, 15) is 13.2 Å². The van der Waals surface area contributed by atoms with Gasteiger partial charge in [0.1, 0.15) is 0 Å². The van der Waals surface area contributed by atoms with Gasteiger partial charge in [0.2, 0.25) is 10.0 Å². The van der Waals surface area contributed by atoms with Gasteiger partial charge in [-0.05, 0) is 30.3 Å². The second kappa shape index (κ2) is 6.66. The smallest absolute Gasteiger partial charge is 0.272 e. The molecule has 130 valence electrons. The van der Waals surface area contributed by atoms with Gasteiger partial charge in [0.25, 0.3) is 5.56 Å². The molecule has 0 bridgehead atoms. The van der Waals surface area contributed by atoms with Crippen molar-refractivity contribution in [3.63, 3.8) is 0 Å². The van der Waals surface area contributed by atoms with Crippen LogP contribution in [0.1, 0.15) is 5.69 Å². The lowest BCUT2D eigenvalue weighted by Gasteiger charge is -2.12. The SMILES string of the molecule is CN(C)S(=O)(=O)c1ccc(NCc2n[nH]c(=O)c3ccccc23)cc1. The van der Waals surface area contributed by atoms with Crippen LogP contribution in [0.3, 0.4) is 0 Å². The van der Waals surface area contributed by atoms with E-state index < -0.39 is 10.0 Å². The molecule has 0 unspecified atom stereocenters. The molecule has 0 atom stereocenters. The topological polar surface area (TPSA) is 95.2 Å². The number of rotatable bonds is 5. The van der Waals surface area contributed by atoms with Gasteiger partial charge in [-0.2, -0.15) is 5.10 Å². The fourth-order valence-electron chi connectivity index (χ4n) is 2.45. The molecule has 3 aromatic rings. The maximum atomic E-state index is 12.1. The number of H-pyrrole nitrogens is 1. The van der Waals surface area contributed by atoms with E-state index in [0.29, 0.717) is 17.6 Å². The minimum atomic E-state index is -3.44. The van der Waals surface area contributed by atoms with E-state index in [2.05, 4.69) is 15.5 Å². The van der Waals surface area contributed by atoms with Crippen molar-refractivity contribution in [2.75, 3.05) is 19.4 Å². The Morgan fingerprint density at radius 2 is 1.68 bits per heavy atom. The van der Waals surface area contributed by atoms with Crippen LogP contribution in [0.25, 0.3) is 10.8 Å². The van der Waals surface area contributed by atoms with Gasteiger partial charge in [-0.15, -0.1) is 0 Å². The van der Waals surface area contributed by atoms with Crippen molar-refractivity contribution >= 4 is 26.5 Å². The van der Waals surface area contributed by atoms with E-state index in [1.165, 1.54) is 18.4 Å². The highest BCUT2D eigenvalue weighted by molar-refractivity contribution is 7.89. The second-order valence-corrected chi connectivity index (χ2v) is 7.86. The van der Waals surface area contributed by atoms with Crippen molar-refractivity contribution in [2.45, 2.75) is 11.4 Å². The summed E-state index contributed by atoms with van der Waals surface area (Å²) >= 11 is 0. The van der Waals surface area contributed by atoms with E-state index in [0.717, 1.165) is 11.1 Å². The summed E-state index contributed by atoms with van der Waals surface area (Å²) in [7, 11) is -0.452. The first-order valence-electron chi connectivity index (χ1n) is 7.62. The summed E-state index contributed by atoms with van der Waals surface area (Å²) in [5.74, 6) is 0. The Balaban J connectivity index is 1.81. The summed E-state index contributed by atoms with van der Waals surface area (Å²) in [6.07, 6.45) is 0. The molecule has 1 aromatic heterocycles. The molecule has 0 aliphatic rings. The number of fused-ring (bicyclic) bond motifs is 1. The Morgan fingerprint density at radius 3 is 2.32 bits per heavy atom. The maximum absolute atomic E-state index is 12.1. The van der Waals surface area contributed by atoms with Crippen molar-refractivity contribution in [3.05, 3.63) is 64.6 Å². The predicted molar refractivity (Wildman–Crippen MR) is 97.0 cm³/mol. The minimum Gasteiger partial charge on any atom is -0.379 e. The summed E-state index contributed by atoms with van der Waals surface area (Å²) in [6, 6.07) is 13.8. The normalized spacial score (nSPS) is 11.8. The molecule has 0 aliphatic heterocycles. The Morgan fingerprint density at radius 1 is 1.04 bits per heavy atom. The second-order valence-electron chi connectivity index (χ2n) is 5.71. The lowest BCUT2D eigenvalue weighted by atomic mass is 10.1. The summed E-state index contributed by atoms with van der Waals surface area (Å²) in [5.41, 5.74) is 1.24. The Hall–Kier alpha value is -2.71. The highest BCUT2D eigenvalue weighted by Crippen LogP contribution is 2.18. The minimum absolute atomic E-state index is 0.224. The standard InChI is InChI=1S/C17H18N4O3S/c1-21(2)25(23,24)13-9-7-12(8-10-13)18-11-16-14-5-3-4-6-15(14)17(22)20-19-16/h3-10,18H,11H2,1-2H3,(H,20,22). The van der Waals surface area contributed by atoms with Gasteiger partial charge >= 0.3 is 0 Å². The molecule has 0 radical (unpaired) electrons. The van der Waals surface area contributed by atoms with E-state index in [1.54, 1.807) is 36.4 Å². The van der Waals surface area contributed by atoms with Crippen molar-refractivity contribution in [1.29, 1.82) is 0 Å². The number of nitrogens with one attached hydrogen (secondary N) is 2. The lowest BCUT2D eigenvalue weighted by molar-refractivity contribution is 0.521. The highest BCUT2D eigenvalue weighted by Gasteiger charge is 2.16. The molecule has 0 aliphatic carbocycles. The molecule has 0 fully saturated rings. The molecule has 0 saturated heterocycles. The van der Waals surface area contributed by atoms with Gasteiger partial charge in [-0.25, -0.2) is 17.8 Å². The Labute approximate surface area is 145 Å². The Bertz CT molecular complexity index is 1060. The molecule has 25 heavy (non-hydrogen) atoms. The molecular formula is C17H18N4O3S. The predicted octanol–water partition coefficient (Wildman–Crippen LogP) is 1.79. The van der Waals surface area contributed by atoms with Gasteiger partial charge in [0, 0.05) is 25.2 Å². The monoisotopic (exact) mass is 358 g/mol. The summed E-state index contributed by atoms with van der Waals surface area (Å²) in [4.78, 5) is 12.0. The number of aromatic amines is 1. The largest absolute Gasteiger partial charge is 0.379 e. The molecule has 8 heteroatoms. The van der Waals surface area contributed by atoms with Crippen LogP contribution in [0.15, 0.2) is 58.2 Å². The average Bonchev–Trinajstić information content (AvgIpc) is 2.62. The van der Waals surface area contributed by atoms with E-state index >= 15 is 0 Å². The average molecular weight is 358 g/mol. The maximum Gasteiger partial charge on any atom is 0.272 e. The van der Waals surface area contributed by atoms with Gasteiger partial charge in [0.05, 0.1) is 22.5 Å². The molecule has 3 rings (SSSR count). The number of aromatic nitrogens is 2. The molecule has 7 nitrogen and oxygen atoms in total. The molecule has 0 amide bonds. The number of hydrogen-bond donors (Lipinski definition) is 2. The van der Waals surface area contributed by atoms with Gasteiger partial charge in [-0.1, -0.05) is 18.2 Å². The third kappa shape index (κ3) is 3.40. The van der Waals surface area contributed by atoms with E-state index in [1.807, 2.05) is 12.1 Å². The summed E-state index contributed by atoms with van der Waals surface area (Å²) in [5, 5.41) is 11.1. The van der Waals surface area contributed by atoms with Crippen molar-refractivity contribution < 1.29 is 8.42 Å². The lowest BCUT2D eigenvalue weighted by Crippen LogP contribution is -2.22. The van der Waals surface area contributed by atoms with E-state index in [-0.39, 0.29) is 10.5 Å². The van der Waals surface area contributed by atoms with Crippen LogP contribution in [0.5, 0.6) is 0 Å².